The average Bonchev–Trinajstić information content (AvgIpc) is 3.13. The lowest BCUT2D eigenvalue weighted by atomic mass is 9.93. The summed E-state index contributed by atoms with van der Waals surface area (Å²) < 4.78 is 7.39. The number of unbranched alkanes of at least 4 members (excludes halogenated alkanes) is 1. The molecule has 0 aliphatic carbocycles. The van der Waals surface area contributed by atoms with Crippen LogP contribution < -0.4 is 0 Å². The third kappa shape index (κ3) is 4.47. The molecule has 6 nitrogen and oxygen atoms in total. The molecule has 0 saturated carbocycles. The van der Waals surface area contributed by atoms with Gasteiger partial charge in [0.2, 0.25) is 0 Å². The fourth-order valence-electron chi connectivity index (χ4n) is 3.69. The van der Waals surface area contributed by atoms with Crippen LogP contribution >= 0.6 is 0 Å². The topological polar surface area (TPSA) is 87.6 Å². The van der Waals surface area contributed by atoms with E-state index in [0.717, 1.165) is 46.4 Å². The predicted octanol–water partition coefficient (Wildman–Crippen LogP) is 4.38. The molecule has 0 amide bonds. The van der Waals surface area contributed by atoms with E-state index in [9.17, 15) is 10.1 Å². The van der Waals surface area contributed by atoms with E-state index >= 15 is 0 Å². The lowest BCUT2D eigenvalue weighted by Crippen LogP contribution is -2.10. The fourth-order valence-corrected chi connectivity index (χ4v) is 3.69. The Morgan fingerprint density at radius 1 is 1.28 bits per heavy atom. The number of carboxylic acids is 1. The third-order valence-corrected chi connectivity index (χ3v) is 5.05. The van der Waals surface area contributed by atoms with E-state index in [1.54, 1.807) is 13.2 Å². The van der Waals surface area contributed by atoms with Crippen molar-refractivity contribution in [3.8, 4) is 17.2 Å². The van der Waals surface area contributed by atoms with Gasteiger partial charge in [0.15, 0.2) is 0 Å². The number of nitrogens with zero attached hydrogens (tertiary/aromatic N) is 3. The van der Waals surface area contributed by atoms with E-state index in [1.165, 1.54) is 0 Å². The van der Waals surface area contributed by atoms with Crippen LogP contribution in [0, 0.1) is 11.3 Å². The van der Waals surface area contributed by atoms with Crippen LogP contribution in [0.15, 0.2) is 36.4 Å². The SMILES string of the molecule is CCc1ccc2c(-c3cccc(C#N)c3)c(CCCCC(=O)O)c(COC)nn12. The Morgan fingerprint density at radius 3 is 2.79 bits per heavy atom. The summed E-state index contributed by atoms with van der Waals surface area (Å²) in [6.45, 7) is 2.46. The van der Waals surface area contributed by atoms with Crippen molar-refractivity contribution in [2.45, 2.75) is 45.6 Å². The van der Waals surface area contributed by atoms with Crippen molar-refractivity contribution in [1.29, 1.82) is 5.26 Å². The summed E-state index contributed by atoms with van der Waals surface area (Å²) >= 11 is 0. The molecule has 150 valence electrons. The first kappa shape index (κ1) is 20.6. The van der Waals surface area contributed by atoms with Crippen LogP contribution in [0.1, 0.15) is 48.7 Å². The summed E-state index contributed by atoms with van der Waals surface area (Å²) in [6, 6.07) is 13.9. The summed E-state index contributed by atoms with van der Waals surface area (Å²) in [5, 5.41) is 23.1. The molecule has 2 heterocycles. The minimum Gasteiger partial charge on any atom is -0.481 e. The zero-order valence-electron chi connectivity index (χ0n) is 16.8. The average molecular weight is 391 g/mol. The largest absolute Gasteiger partial charge is 0.481 e. The van der Waals surface area contributed by atoms with Crippen LogP contribution in [-0.2, 0) is 29.0 Å². The molecule has 0 fully saturated rings. The van der Waals surface area contributed by atoms with Gasteiger partial charge < -0.3 is 9.84 Å². The Labute approximate surface area is 170 Å². The highest BCUT2D eigenvalue weighted by Crippen LogP contribution is 2.33. The minimum atomic E-state index is -0.781. The molecular formula is C23H25N3O3. The van der Waals surface area contributed by atoms with Crippen LogP contribution in [0.4, 0.5) is 0 Å². The van der Waals surface area contributed by atoms with Crippen molar-refractivity contribution in [3.05, 3.63) is 58.9 Å². The molecule has 1 aromatic carbocycles. The van der Waals surface area contributed by atoms with Gasteiger partial charge in [0, 0.05) is 24.8 Å². The first-order valence-corrected chi connectivity index (χ1v) is 9.82. The summed E-state index contributed by atoms with van der Waals surface area (Å²) in [6.07, 6.45) is 3.05. The number of aryl methyl sites for hydroxylation is 1. The monoisotopic (exact) mass is 391 g/mol. The molecule has 0 unspecified atom stereocenters. The lowest BCUT2D eigenvalue weighted by Gasteiger charge is -2.17. The maximum absolute atomic E-state index is 10.9. The summed E-state index contributed by atoms with van der Waals surface area (Å²) in [4.78, 5) is 10.9. The second kappa shape index (κ2) is 9.35. The predicted molar refractivity (Wildman–Crippen MR) is 111 cm³/mol. The van der Waals surface area contributed by atoms with E-state index in [-0.39, 0.29) is 6.42 Å². The first-order valence-electron chi connectivity index (χ1n) is 9.82. The molecular weight excluding hydrogens is 366 g/mol. The van der Waals surface area contributed by atoms with Gasteiger partial charge in [-0.3, -0.25) is 4.79 Å². The van der Waals surface area contributed by atoms with Crippen LogP contribution in [0.2, 0.25) is 0 Å². The highest BCUT2D eigenvalue weighted by Gasteiger charge is 2.19. The molecule has 0 bridgehead atoms. The van der Waals surface area contributed by atoms with Gasteiger partial charge in [-0.1, -0.05) is 19.1 Å². The van der Waals surface area contributed by atoms with Crippen LogP contribution in [0.3, 0.4) is 0 Å². The quantitative estimate of drug-likeness (QED) is 0.547. The molecule has 3 rings (SSSR count). The number of carboxylic acid groups (broad SMARTS) is 1. The van der Waals surface area contributed by atoms with Gasteiger partial charge in [0.05, 0.1) is 29.5 Å². The lowest BCUT2D eigenvalue weighted by molar-refractivity contribution is -0.137. The third-order valence-electron chi connectivity index (χ3n) is 5.05. The molecule has 0 spiro atoms. The number of aliphatic carboxylic acids is 1. The molecule has 0 aliphatic heterocycles. The van der Waals surface area contributed by atoms with E-state index < -0.39 is 5.97 Å². The number of hydrogen-bond donors (Lipinski definition) is 1. The fraction of sp³-hybridized carbons (Fsp3) is 0.348. The summed E-state index contributed by atoms with van der Waals surface area (Å²) in [5.41, 5.74) is 6.60. The van der Waals surface area contributed by atoms with E-state index in [2.05, 4.69) is 25.1 Å². The van der Waals surface area contributed by atoms with Gasteiger partial charge in [0.1, 0.15) is 0 Å². The molecule has 29 heavy (non-hydrogen) atoms. The molecule has 6 heteroatoms. The van der Waals surface area contributed by atoms with Crippen molar-refractivity contribution in [3.63, 3.8) is 0 Å². The number of rotatable bonds is 9. The van der Waals surface area contributed by atoms with Crippen molar-refractivity contribution in [2.75, 3.05) is 7.11 Å². The maximum Gasteiger partial charge on any atom is 0.303 e. The molecule has 0 atom stereocenters. The van der Waals surface area contributed by atoms with E-state index in [0.29, 0.717) is 25.0 Å². The number of ether oxygens (including phenoxy) is 1. The summed E-state index contributed by atoms with van der Waals surface area (Å²) in [7, 11) is 1.65. The second-order valence-corrected chi connectivity index (χ2v) is 7.00. The van der Waals surface area contributed by atoms with Gasteiger partial charge in [-0.05, 0) is 61.1 Å². The number of nitriles is 1. The molecule has 0 saturated heterocycles. The zero-order chi connectivity index (χ0) is 20.8. The minimum absolute atomic E-state index is 0.152. The van der Waals surface area contributed by atoms with Gasteiger partial charge in [-0.15, -0.1) is 0 Å². The number of aromatic nitrogens is 2. The van der Waals surface area contributed by atoms with E-state index in [4.69, 9.17) is 14.9 Å². The van der Waals surface area contributed by atoms with Gasteiger partial charge in [-0.2, -0.15) is 10.4 Å². The van der Waals surface area contributed by atoms with Gasteiger partial charge >= 0.3 is 5.97 Å². The maximum atomic E-state index is 10.9. The van der Waals surface area contributed by atoms with Crippen molar-refractivity contribution >= 4 is 11.5 Å². The molecule has 0 radical (unpaired) electrons. The Kier molecular flexibility index (Phi) is 6.63. The van der Waals surface area contributed by atoms with Crippen LogP contribution in [-0.4, -0.2) is 27.8 Å². The second-order valence-electron chi connectivity index (χ2n) is 7.00. The first-order chi connectivity index (χ1) is 14.1. The number of methoxy groups -OCH3 is 1. The Balaban J connectivity index is 2.19. The highest BCUT2D eigenvalue weighted by atomic mass is 16.5. The zero-order valence-corrected chi connectivity index (χ0v) is 16.8. The number of benzene rings is 1. The van der Waals surface area contributed by atoms with E-state index in [1.807, 2.05) is 22.7 Å². The molecule has 0 aliphatic rings. The Hall–Kier alpha value is -3.17. The number of carbonyl (C=O) groups is 1. The number of fused-ring (bicyclic) bond motifs is 1. The molecule has 2 aromatic heterocycles. The van der Waals surface area contributed by atoms with Crippen molar-refractivity contribution < 1.29 is 14.6 Å². The molecule has 1 N–H and O–H groups in total. The smallest absolute Gasteiger partial charge is 0.303 e. The molecule has 3 aromatic rings. The standard InChI is InChI=1S/C23H25N3O3/c1-3-18-11-12-21-23(17-8-6-7-16(13-17)14-24)19(9-4-5-10-22(27)28)20(15-29-2)25-26(18)21/h6-8,11-13H,3-5,9-10,15H2,1-2H3,(H,27,28). The summed E-state index contributed by atoms with van der Waals surface area (Å²) in [5.74, 6) is -0.781. The van der Waals surface area contributed by atoms with Crippen LogP contribution in [0.5, 0.6) is 0 Å². The highest BCUT2D eigenvalue weighted by molar-refractivity contribution is 5.84. The normalized spacial score (nSPS) is 10.9. The van der Waals surface area contributed by atoms with Crippen molar-refractivity contribution in [1.82, 2.24) is 9.61 Å². The van der Waals surface area contributed by atoms with Gasteiger partial charge in [0.25, 0.3) is 0 Å². The van der Waals surface area contributed by atoms with Gasteiger partial charge in [-0.25, -0.2) is 4.52 Å². The Bertz CT molecular complexity index is 1060. The number of hydrogen-bond acceptors (Lipinski definition) is 4. The Morgan fingerprint density at radius 2 is 2.10 bits per heavy atom. The van der Waals surface area contributed by atoms with Crippen molar-refractivity contribution in [2.24, 2.45) is 0 Å². The van der Waals surface area contributed by atoms with Crippen LogP contribution in [0.25, 0.3) is 16.6 Å².